The van der Waals surface area contributed by atoms with Crippen molar-refractivity contribution in [3.05, 3.63) is 69.3 Å². The van der Waals surface area contributed by atoms with Crippen molar-refractivity contribution in [2.45, 2.75) is 25.4 Å². The third-order valence-electron chi connectivity index (χ3n) is 6.73. The summed E-state index contributed by atoms with van der Waals surface area (Å²) in [5.41, 5.74) is 0.998. The van der Waals surface area contributed by atoms with Gasteiger partial charge in [-0.15, -0.1) is 0 Å². The summed E-state index contributed by atoms with van der Waals surface area (Å²) in [4.78, 5) is 27.1. The van der Waals surface area contributed by atoms with Crippen molar-refractivity contribution in [1.29, 1.82) is 0 Å². The number of aliphatic hydroxyl groups excluding tert-OH is 2. The number of rotatable bonds is 6. The van der Waals surface area contributed by atoms with Crippen molar-refractivity contribution in [2.24, 2.45) is 0 Å². The first-order valence-corrected chi connectivity index (χ1v) is 11.1. The van der Waals surface area contributed by atoms with Gasteiger partial charge in [0, 0.05) is 61.5 Å². The van der Waals surface area contributed by atoms with Crippen molar-refractivity contribution < 1.29 is 38.1 Å². The molecule has 1 fully saturated rings. The van der Waals surface area contributed by atoms with Gasteiger partial charge in [-0.05, 0) is 12.1 Å². The van der Waals surface area contributed by atoms with Gasteiger partial charge in [-0.2, -0.15) is 0 Å². The second-order valence-electron chi connectivity index (χ2n) is 8.77. The molecule has 2 unspecified atom stereocenters. The normalized spacial score (nSPS) is 20.0. The van der Waals surface area contributed by atoms with Crippen LogP contribution in [0.4, 0.5) is 8.78 Å². The molecule has 180 valence electrons. The van der Waals surface area contributed by atoms with E-state index in [1.807, 2.05) is 9.80 Å². The molecule has 0 saturated carbocycles. The lowest BCUT2D eigenvalue weighted by Gasteiger charge is -2.36. The number of cyclic esters (lactones) is 2. The average Bonchev–Trinajstić information content (AvgIpc) is 3.39. The van der Waals surface area contributed by atoms with E-state index in [0.29, 0.717) is 26.2 Å². The van der Waals surface area contributed by atoms with Gasteiger partial charge in [0.05, 0.1) is 23.3 Å². The molecule has 3 aliphatic rings. The molecular weight excluding hydrogens is 450 g/mol. The van der Waals surface area contributed by atoms with E-state index < -0.39 is 35.8 Å². The Hall–Kier alpha value is -2.92. The van der Waals surface area contributed by atoms with E-state index in [0.717, 1.165) is 0 Å². The Balaban J connectivity index is 1.16. The third-order valence-corrected chi connectivity index (χ3v) is 6.73. The van der Waals surface area contributed by atoms with Crippen molar-refractivity contribution in [3.8, 4) is 0 Å². The standard InChI is InChI=1S/C24H24F2N2O6/c25-21-15(3-1-13-17(21)11-33-23(13)31)19(29)9-27-5-7-28(8-6-27)10-20(30)16-4-2-14-18(22(16)26)12-34-24(14)32/h1-4,19-20,29-30H,5-12H2. The summed E-state index contributed by atoms with van der Waals surface area (Å²) >= 11 is 0. The topological polar surface area (TPSA) is 99.5 Å². The molecule has 0 amide bonds. The number of hydrogen-bond acceptors (Lipinski definition) is 8. The molecule has 0 spiro atoms. The number of halogens is 2. The quantitative estimate of drug-likeness (QED) is 0.611. The largest absolute Gasteiger partial charge is 0.457 e. The maximum Gasteiger partial charge on any atom is 0.338 e. The van der Waals surface area contributed by atoms with E-state index in [2.05, 4.69) is 0 Å². The first kappa shape index (κ1) is 22.9. The van der Waals surface area contributed by atoms with Crippen LogP contribution in [0.25, 0.3) is 0 Å². The summed E-state index contributed by atoms with van der Waals surface area (Å²) in [7, 11) is 0. The Bertz CT molecular complexity index is 1060. The number of carbonyl (C=O) groups excluding carboxylic acids is 2. The zero-order chi connectivity index (χ0) is 24.0. The molecule has 0 aliphatic carbocycles. The average molecular weight is 474 g/mol. The van der Waals surface area contributed by atoms with E-state index in [4.69, 9.17) is 9.47 Å². The van der Waals surface area contributed by atoms with Crippen LogP contribution in [0.15, 0.2) is 24.3 Å². The number of nitrogens with zero attached hydrogens (tertiary/aromatic N) is 2. The highest BCUT2D eigenvalue weighted by molar-refractivity contribution is 5.94. The van der Waals surface area contributed by atoms with Gasteiger partial charge in [0.15, 0.2) is 0 Å². The van der Waals surface area contributed by atoms with Crippen molar-refractivity contribution in [3.63, 3.8) is 0 Å². The maximum atomic E-state index is 14.8. The molecule has 0 radical (unpaired) electrons. The zero-order valence-corrected chi connectivity index (χ0v) is 18.3. The fourth-order valence-corrected chi connectivity index (χ4v) is 4.73. The Kier molecular flexibility index (Phi) is 6.07. The summed E-state index contributed by atoms with van der Waals surface area (Å²) in [6.45, 7) is 2.48. The molecule has 10 heteroatoms. The van der Waals surface area contributed by atoms with Gasteiger partial charge < -0.3 is 19.7 Å². The summed E-state index contributed by atoms with van der Waals surface area (Å²) in [6, 6.07) is 5.79. The highest BCUT2D eigenvalue weighted by Crippen LogP contribution is 2.30. The smallest absolute Gasteiger partial charge is 0.338 e. The second kappa shape index (κ2) is 9.03. The monoisotopic (exact) mass is 474 g/mol. The van der Waals surface area contributed by atoms with Crippen molar-refractivity contribution in [1.82, 2.24) is 9.80 Å². The van der Waals surface area contributed by atoms with Gasteiger partial charge in [0.1, 0.15) is 24.8 Å². The highest BCUT2D eigenvalue weighted by Gasteiger charge is 2.31. The minimum atomic E-state index is -1.07. The molecule has 0 aromatic heterocycles. The van der Waals surface area contributed by atoms with Crippen molar-refractivity contribution in [2.75, 3.05) is 39.3 Å². The van der Waals surface area contributed by atoms with Crippen LogP contribution in [0.5, 0.6) is 0 Å². The van der Waals surface area contributed by atoms with Crippen molar-refractivity contribution >= 4 is 11.9 Å². The molecule has 3 aliphatic heterocycles. The zero-order valence-electron chi connectivity index (χ0n) is 18.3. The number of aliphatic hydroxyl groups is 2. The highest BCUT2D eigenvalue weighted by atomic mass is 19.1. The van der Waals surface area contributed by atoms with Crippen LogP contribution >= 0.6 is 0 Å². The van der Waals surface area contributed by atoms with Crippen LogP contribution < -0.4 is 0 Å². The maximum absolute atomic E-state index is 14.8. The number of ether oxygens (including phenoxy) is 2. The molecular formula is C24H24F2N2O6. The molecule has 2 aromatic rings. The minimum absolute atomic E-state index is 0.129. The number of β-amino-alcohol motifs (C(OH)–C–C–N with tert-alkyl or cyclic N) is 2. The van der Waals surface area contributed by atoms with Crippen LogP contribution in [0, 0.1) is 11.6 Å². The van der Waals surface area contributed by atoms with E-state index in [9.17, 15) is 28.6 Å². The number of piperazine rings is 1. The van der Waals surface area contributed by atoms with E-state index in [1.165, 1.54) is 24.3 Å². The molecule has 2 aromatic carbocycles. The van der Waals surface area contributed by atoms with Crippen LogP contribution in [-0.4, -0.2) is 71.2 Å². The van der Waals surface area contributed by atoms with Crippen LogP contribution in [0.1, 0.15) is 55.2 Å². The minimum Gasteiger partial charge on any atom is -0.457 e. The third kappa shape index (κ3) is 4.07. The van der Waals surface area contributed by atoms with Crippen LogP contribution in [0.2, 0.25) is 0 Å². The molecule has 8 nitrogen and oxygen atoms in total. The second-order valence-corrected chi connectivity index (χ2v) is 8.77. The predicted octanol–water partition coefficient (Wildman–Crippen LogP) is 1.69. The number of fused-ring (bicyclic) bond motifs is 2. The predicted molar refractivity (Wildman–Crippen MR) is 114 cm³/mol. The van der Waals surface area contributed by atoms with Gasteiger partial charge in [-0.25, -0.2) is 18.4 Å². The fraction of sp³-hybridized carbons (Fsp3) is 0.417. The van der Waals surface area contributed by atoms with E-state index in [1.54, 1.807) is 0 Å². The molecule has 2 N–H and O–H groups in total. The first-order chi connectivity index (χ1) is 16.3. The Labute approximate surface area is 194 Å². The van der Waals surface area contributed by atoms with Gasteiger partial charge in [-0.1, -0.05) is 12.1 Å². The molecule has 34 heavy (non-hydrogen) atoms. The Morgan fingerprint density at radius 3 is 1.50 bits per heavy atom. The summed E-state index contributed by atoms with van der Waals surface area (Å²) in [6.07, 6.45) is -2.13. The number of carbonyl (C=O) groups is 2. The fourth-order valence-electron chi connectivity index (χ4n) is 4.73. The number of hydrogen-bond donors (Lipinski definition) is 2. The van der Waals surface area contributed by atoms with E-state index in [-0.39, 0.29) is 59.7 Å². The molecule has 0 bridgehead atoms. The van der Waals surface area contributed by atoms with E-state index >= 15 is 0 Å². The molecule has 1 saturated heterocycles. The molecule has 3 heterocycles. The summed E-state index contributed by atoms with van der Waals surface area (Å²) in [5.74, 6) is -2.34. The Morgan fingerprint density at radius 2 is 1.12 bits per heavy atom. The lowest BCUT2D eigenvalue weighted by atomic mass is 10.0. The van der Waals surface area contributed by atoms with Gasteiger partial charge >= 0.3 is 11.9 Å². The van der Waals surface area contributed by atoms with Gasteiger partial charge in [-0.3, -0.25) is 9.80 Å². The molecule has 5 rings (SSSR count). The number of benzene rings is 2. The first-order valence-electron chi connectivity index (χ1n) is 11.1. The number of esters is 2. The van der Waals surface area contributed by atoms with Gasteiger partial charge in [0.25, 0.3) is 0 Å². The van der Waals surface area contributed by atoms with Gasteiger partial charge in [0.2, 0.25) is 0 Å². The Morgan fingerprint density at radius 1 is 0.735 bits per heavy atom. The lowest BCUT2D eigenvalue weighted by molar-refractivity contribution is 0.0463. The summed E-state index contributed by atoms with van der Waals surface area (Å²) < 4.78 is 39.2. The molecule has 2 atom stereocenters. The van der Waals surface area contributed by atoms with Crippen LogP contribution in [0.3, 0.4) is 0 Å². The SMILES string of the molecule is O=C1OCc2c1ccc(C(O)CN1CCN(CC(O)c3ccc4c(c3F)COC4=O)CC1)c2F. The van der Waals surface area contributed by atoms with Crippen LogP contribution in [-0.2, 0) is 22.7 Å². The summed E-state index contributed by atoms with van der Waals surface area (Å²) in [5, 5.41) is 21.2. The lowest BCUT2D eigenvalue weighted by Crippen LogP contribution is -2.48.